The van der Waals surface area contributed by atoms with Crippen molar-refractivity contribution in [2.45, 2.75) is 12.5 Å². The molecule has 2 N–H and O–H groups in total. The second-order valence-corrected chi connectivity index (χ2v) is 6.03. The fourth-order valence-electron chi connectivity index (χ4n) is 2.53. The maximum atomic E-state index is 6.65. The first kappa shape index (κ1) is 13.3. The number of fused-ring (bicyclic) bond motifs is 1. The van der Waals surface area contributed by atoms with Gasteiger partial charge < -0.3 is 5.73 Å². The summed E-state index contributed by atoms with van der Waals surface area (Å²) in [5, 5.41) is 2.25. The Bertz CT molecular complexity index is 760. The maximum absolute atomic E-state index is 6.65. The largest absolute Gasteiger partial charge is 0.318 e. The molecule has 1 atom stereocenters. The van der Waals surface area contributed by atoms with Crippen molar-refractivity contribution < 1.29 is 0 Å². The Morgan fingerprint density at radius 2 is 1.90 bits per heavy atom. The summed E-state index contributed by atoms with van der Waals surface area (Å²) >= 11 is 3.51. The average Bonchev–Trinajstić information content (AvgIpc) is 2.46. The molecule has 0 aliphatic carbocycles. The minimum atomic E-state index is -0.563. The van der Waals surface area contributed by atoms with Crippen LogP contribution in [0.1, 0.15) is 18.1 Å². The van der Waals surface area contributed by atoms with Gasteiger partial charge in [-0.1, -0.05) is 46.3 Å². The van der Waals surface area contributed by atoms with E-state index in [1.807, 2.05) is 37.4 Å². The molecule has 0 bridgehead atoms. The van der Waals surface area contributed by atoms with Crippen LogP contribution in [0.15, 0.2) is 65.4 Å². The molecule has 1 heterocycles. The lowest BCUT2D eigenvalue weighted by Crippen LogP contribution is -2.34. The second kappa shape index (κ2) is 5.00. The molecule has 20 heavy (non-hydrogen) atoms. The highest BCUT2D eigenvalue weighted by molar-refractivity contribution is 9.10. The predicted molar refractivity (Wildman–Crippen MR) is 86.5 cm³/mol. The monoisotopic (exact) mass is 326 g/mol. The minimum Gasteiger partial charge on any atom is -0.318 e. The fourth-order valence-corrected chi connectivity index (χ4v) is 2.93. The van der Waals surface area contributed by atoms with Crippen LogP contribution in [-0.2, 0) is 5.54 Å². The molecule has 3 aromatic rings. The summed E-state index contributed by atoms with van der Waals surface area (Å²) in [6, 6.07) is 16.3. The Hall–Kier alpha value is -1.71. The van der Waals surface area contributed by atoms with Gasteiger partial charge in [0, 0.05) is 22.3 Å². The molecule has 0 fully saturated rings. The number of halogens is 1. The Labute approximate surface area is 126 Å². The predicted octanol–water partition coefficient (Wildman–Crippen LogP) is 4.22. The average molecular weight is 327 g/mol. The lowest BCUT2D eigenvalue weighted by molar-refractivity contribution is 0.608. The van der Waals surface area contributed by atoms with E-state index < -0.39 is 5.54 Å². The first-order valence-corrected chi connectivity index (χ1v) is 7.26. The van der Waals surface area contributed by atoms with Gasteiger partial charge in [0.15, 0.2) is 0 Å². The molecule has 0 saturated heterocycles. The Balaban J connectivity index is 2.23. The molecule has 0 saturated carbocycles. The molecule has 1 aromatic heterocycles. The van der Waals surface area contributed by atoms with Crippen molar-refractivity contribution in [1.82, 2.24) is 4.98 Å². The number of rotatable bonds is 2. The number of nitrogens with zero attached hydrogens (tertiary/aromatic N) is 1. The third-order valence-electron chi connectivity index (χ3n) is 3.67. The van der Waals surface area contributed by atoms with Crippen LogP contribution in [0.5, 0.6) is 0 Å². The smallest absolute Gasteiger partial charge is 0.0643 e. The zero-order chi connectivity index (χ0) is 14.2. The molecule has 3 rings (SSSR count). The molecule has 0 amide bonds. The van der Waals surface area contributed by atoms with Gasteiger partial charge in [0.1, 0.15) is 0 Å². The Morgan fingerprint density at radius 3 is 2.70 bits per heavy atom. The summed E-state index contributed by atoms with van der Waals surface area (Å²) in [7, 11) is 0. The van der Waals surface area contributed by atoms with Gasteiger partial charge >= 0.3 is 0 Å². The highest BCUT2D eigenvalue weighted by Gasteiger charge is 2.25. The summed E-state index contributed by atoms with van der Waals surface area (Å²) in [5.74, 6) is 0. The van der Waals surface area contributed by atoms with Crippen LogP contribution in [0.2, 0.25) is 0 Å². The first-order chi connectivity index (χ1) is 9.59. The van der Waals surface area contributed by atoms with Gasteiger partial charge in [-0.2, -0.15) is 0 Å². The summed E-state index contributed by atoms with van der Waals surface area (Å²) in [5.41, 5.74) is 8.24. The lowest BCUT2D eigenvalue weighted by Gasteiger charge is -2.27. The van der Waals surface area contributed by atoms with Crippen molar-refractivity contribution >= 4 is 26.7 Å². The Kier molecular flexibility index (Phi) is 3.32. The topological polar surface area (TPSA) is 38.9 Å². The fraction of sp³-hybridized carbons (Fsp3) is 0.118. The minimum absolute atomic E-state index is 0.563. The van der Waals surface area contributed by atoms with Gasteiger partial charge in [-0.05, 0) is 41.6 Å². The molecule has 0 aliphatic heterocycles. The Morgan fingerprint density at radius 1 is 1.10 bits per heavy atom. The van der Waals surface area contributed by atoms with Crippen LogP contribution >= 0.6 is 15.9 Å². The van der Waals surface area contributed by atoms with Crippen LogP contribution < -0.4 is 5.73 Å². The van der Waals surface area contributed by atoms with E-state index in [9.17, 15) is 0 Å². The maximum Gasteiger partial charge on any atom is 0.0643 e. The summed E-state index contributed by atoms with van der Waals surface area (Å²) in [6.07, 6.45) is 3.69. The van der Waals surface area contributed by atoms with Crippen molar-refractivity contribution in [3.05, 3.63) is 76.5 Å². The quantitative estimate of drug-likeness (QED) is 0.765. The molecule has 1 unspecified atom stereocenters. The molecule has 100 valence electrons. The highest BCUT2D eigenvalue weighted by atomic mass is 79.9. The number of hydrogen-bond acceptors (Lipinski definition) is 2. The van der Waals surface area contributed by atoms with Crippen LogP contribution in [-0.4, -0.2) is 4.98 Å². The van der Waals surface area contributed by atoms with E-state index in [4.69, 9.17) is 5.73 Å². The number of nitrogens with two attached hydrogens (primary N) is 1. The van der Waals surface area contributed by atoms with E-state index >= 15 is 0 Å². The summed E-state index contributed by atoms with van der Waals surface area (Å²) in [4.78, 5) is 4.23. The second-order valence-electron chi connectivity index (χ2n) is 5.12. The lowest BCUT2D eigenvalue weighted by atomic mass is 9.83. The number of hydrogen-bond donors (Lipinski definition) is 1. The van der Waals surface area contributed by atoms with E-state index in [-0.39, 0.29) is 0 Å². The van der Waals surface area contributed by atoms with Crippen LogP contribution in [0.4, 0.5) is 0 Å². The van der Waals surface area contributed by atoms with Gasteiger partial charge in [0.05, 0.1) is 5.54 Å². The van der Waals surface area contributed by atoms with Gasteiger partial charge in [-0.3, -0.25) is 4.98 Å². The molecule has 0 aliphatic rings. The SMILES string of the molecule is CC(N)(c1cccc(Br)c1)c1cccc2ccncc12. The van der Waals surface area contributed by atoms with E-state index in [0.717, 1.165) is 26.4 Å². The number of pyridine rings is 1. The molecule has 2 nitrogen and oxygen atoms in total. The highest BCUT2D eigenvalue weighted by Crippen LogP contribution is 2.32. The zero-order valence-electron chi connectivity index (χ0n) is 11.2. The van der Waals surface area contributed by atoms with E-state index in [1.54, 1.807) is 6.20 Å². The van der Waals surface area contributed by atoms with Gasteiger partial charge in [0.25, 0.3) is 0 Å². The van der Waals surface area contributed by atoms with Crippen LogP contribution in [0.25, 0.3) is 10.8 Å². The molecular weight excluding hydrogens is 312 g/mol. The van der Waals surface area contributed by atoms with Crippen molar-refractivity contribution in [2.24, 2.45) is 5.73 Å². The number of aromatic nitrogens is 1. The molecule has 3 heteroatoms. The van der Waals surface area contributed by atoms with Crippen molar-refractivity contribution in [3.8, 4) is 0 Å². The van der Waals surface area contributed by atoms with Crippen molar-refractivity contribution in [2.75, 3.05) is 0 Å². The molecule has 0 spiro atoms. The summed E-state index contributed by atoms with van der Waals surface area (Å²) in [6.45, 7) is 2.04. The first-order valence-electron chi connectivity index (χ1n) is 6.47. The van der Waals surface area contributed by atoms with E-state index in [2.05, 4.69) is 45.2 Å². The third-order valence-corrected chi connectivity index (χ3v) is 4.16. The van der Waals surface area contributed by atoms with E-state index in [0.29, 0.717) is 0 Å². The van der Waals surface area contributed by atoms with E-state index in [1.165, 1.54) is 0 Å². The third kappa shape index (κ3) is 2.23. The van der Waals surface area contributed by atoms with Crippen molar-refractivity contribution in [3.63, 3.8) is 0 Å². The number of benzene rings is 2. The van der Waals surface area contributed by atoms with Crippen molar-refractivity contribution in [1.29, 1.82) is 0 Å². The normalized spacial score (nSPS) is 14.2. The van der Waals surface area contributed by atoms with Crippen LogP contribution in [0, 0.1) is 0 Å². The molecule has 2 aromatic carbocycles. The molecule has 0 radical (unpaired) electrons. The zero-order valence-corrected chi connectivity index (χ0v) is 12.8. The van der Waals surface area contributed by atoms with Gasteiger partial charge in [0.2, 0.25) is 0 Å². The molecular formula is C17H15BrN2. The van der Waals surface area contributed by atoms with Gasteiger partial charge in [-0.15, -0.1) is 0 Å². The summed E-state index contributed by atoms with van der Waals surface area (Å²) < 4.78 is 1.03. The van der Waals surface area contributed by atoms with Crippen LogP contribution in [0.3, 0.4) is 0 Å². The standard InChI is InChI=1S/C17H15BrN2/c1-17(19,13-5-3-6-14(18)10-13)16-7-2-4-12-8-9-20-11-15(12)16/h2-11H,19H2,1H3. The van der Waals surface area contributed by atoms with Gasteiger partial charge in [-0.25, -0.2) is 0 Å².